The normalized spacial score (nSPS) is 15.0. The average Bonchev–Trinajstić information content (AvgIpc) is 2.90. The molecule has 2 heterocycles. The molecule has 1 aliphatic heterocycles. The summed E-state index contributed by atoms with van der Waals surface area (Å²) in [5.74, 6) is 0. The van der Waals surface area contributed by atoms with E-state index in [1.54, 1.807) is 0 Å². The summed E-state index contributed by atoms with van der Waals surface area (Å²) in [6.07, 6.45) is 8.00. The number of hydrogen-bond acceptors (Lipinski definition) is 4. The standard InChI is InChI=1S/C31H31N5/c1-21-12-16-25(17-13-21)36-30-11-7-6-10-26(30)35-29-18-27(34-24-15-14-22(2)32-20-24)28(19-31(29)36)33-23-8-4-3-5-9-23/h6-7,10-20,23,34H,3-5,8-9H2,1-2H3. The van der Waals surface area contributed by atoms with Gasteiger partial charge in [0.15, 0.2) is 0 Å². The summed E-state index contributed by atoms with van der Waals surface area (Å²) in [6, 6.07) is 25.9. The van der Waals surface area contributed by atoms with Gasteiger partial charge in [-0.2, -0.15) is 0 Å². The van der Waals surface area contributed by atoms with Crippen LogP contribution in [0.4, 0.5) is 11.4 Å². The second-order valence-electron chi connectivity index (χ2n) is 9.86. The minimum atomic E-state index is 0.356. The molecule has 0 radical (unpaired) electrons. The van der Waals surface area contributed by atoms with E-state index >= 15 is 0 Å². The first-order valence-corrected chi connectivity index (χ1v) is 12.9. The molecule has 6 rings (SSSR count). The van der Waals surface area contributed by atoms with Crippen LogP contribution in [0.5, 0.6) is 0 Å². The van der Waals surface area contributed by atoms with Crippen LogP contribution in [0.3, 0.4) is 0 Å². The van der Waals surface area contributed by atoms with Gasteiger partial charge < -0.3 is 9.88 Å². The fraction of sp³-hybridized carbons (Fsp3) is 0.258. The molecule has 1 N–H and O–H groups in total. The molecule has 0 amide bonds. The van der Waals surface area contributed by atoms with Gasteiger partial charge in [0.25, 0.3) is 0 Å². The van der Waals surface area contributed by atoms with Gasteiger partial charge in [0.05, 0.1) is 51.4 Å². The van der Waals surface area contributed by atoms with E-state index in [-0.39, 0.29) is 0 Å². The van der Waals surface area contributed by atoms with Crippen LogP contribution in [0.1, 0.15) is 43.4 Å². The zero-order valence-electron chi connectivity index (χ0n) is 20.9. The van der Waals surface area contributed by atoms with E-state index in [9.17, 15) is 0 Å². The number of aromatic nitrogens is 3. The Morgan fingerprint density at radius 2 is 1.69 bits per heavy atom. The van der Waals surface area contributed by atoms with Gasteiger partial charge in [0.1, 0.15) is 0 Å². The number of nitrogens with one attached hydrogen (secondary N) is 1. The molecule has 2 aromatic carbocycles. The Morgan fingerprint density at radius 1 is 0.889 bits per heavy atom. The fourth-order valence-electron chi connectivity index (χ4n) is 5.12. The smallest absolute Gasteiger partial charge is 0.0900 e. The summed E-state index contributed by atoms with van der Waals surface area (Å²) in [6.45, 7) is 4.12. The van der Waals surface area contributed by atoms with Crippen molar-refractivity contribution in [2.75, 3.05) is 5.32 Å². The molecule has 1 aromatic heterocycles. The van der Waals surface area contributed by atoms with E-state index in [4.69, 9.17) is 9.98 Å². The number of aryl methyl sites for hydroxylation is 2. The number of para-hydroxylation sites is 2. The number of hydrogen-bond donors (Lipinski definition) is 1. The third kappa shape index (κ3) is 4.49. The zero-order chi connectivity index (χ0) is 24.5. The van der Waals surface area contributed by atoms with Gasteiger partial charge in [-0.1, -0.05) is 49.1 Å². The Kier molecular flexibility index (Phi) is 5.98. The molecule has 3 aliphatic rings. The van der Waals surface area contributed by atoms with Crippen molar-refractivity contribution < 1.29 is 0 Å². The number of fused-ring (bicyclic) bond motifs is 2. The van der Waals surface area contributed by atoms with Gasteiger partial charge in [-0.15, -0.1) is 0 Å². The topological polar surface area (TPSA) is 55.1 Å². The summed E-state index contributed by atoms with van der Waals surface area (Å²) < 4.78 is 2.31. The number of rotatable bonds is 4. The molecule has 36 heavy (non-hydrogen) atoms. The van der Waals surface area contributed by atoms with E-state index in [1.165, 1.54) is 24.8 Å². The highest BCUT2D eigenvalue weighted by Crippen LogP contribution is 2.31. The Balaban J connectivity index is 1.61. The highest BCUT2D eigenvalue weighted by Gasteiger charge is 2.18. The van der Waals surface area contributed by atoms with Crippen molar-refractivity contribution in [3.05, 3.63) is 95.6 Å². The summed E-state index contributed by atoms with van der Waals surface area (Å²) >= 11 is 0. The molecule has 1 saturated carbocycles. The van der Waals surface area contributed by atoms with Crippen LogP contribution in [-0.4, -0.2) is 20.6 Å². The summed E-state index contributed by atoms with van der Waals surface area (Å²) in [4.78, 5) is 14.8. The molecule has 5 nitrogen and oxygen atoms in total. The Hall–Kier alpha value is -3.99. The van der Waals surface area contributed by atoms with Crippen LogP contribution in [-0.2, 0) is 0 Å². The molecule has 1 fully saturated rings. The third-order valence-electron chi connectivity index (χ3n) is 7.08. The molecule has 0 saturated heterocycles. The van der Waals surface area contributed by atoms with Gasteiger partial charge in [-0.3, -0.25) is 9.98 Å². The quantitative estimate of drug-likeness (QED) is 0.283. The minimum Gasteiger partial charge on any atom is -0.352 e. The highest BCUT2D eigenvalue weighted by atomic mass is 15.0. The number of benzene rings is 3. The van der Waals surface area contributed by atoms with Gasteiger partial charge in [-0.25, -0.2) is 4.98 Å². The van der Waals surface area contributed by atoms with Gasteiger partial charge in [-0.05, 0) is 75.2 Å². The van der Waals surface area contributed by atoms with Crippen LogP contribution in [0, 0.1) is 13.8 Å². The molecule has 0 atom stereocenters. The van der Waals surface area contributed by atoms with Crippen LogP contribution in [0.2, 0.25) is 0 Å². The van der Waals surface area contributed by atoms with E-state index in [0.717, 1.165) is 63.4 Å². The lowest BCUT2D eigenvalue weighted by molar-refractivity contribution is 0.437. The van der Waals surface area contributed by atoms with Gasteiger partial charge in [0, 0.05) is 11.4 Å². The molecule has 3 aromatic rings. The van der Waals surface area contributed by atoms with E-state index in [0.29, 0.717) is 6.04 Å². The molecule has 5 heteroatoms. The maximum absolute atomic E-state index is 5.29. The van der Waals surface area contributed by atoms with Crippen molar-refractivity contribution in [2.45, 2.75) is 52.0 Å². The molecular weight excluding hydrogens is 442 g/mol. The van der Waals surface area contributed by atoms with E-state index in [2.05, 4.69) is 82.5 Å². The van der Waals surface area contributed by atoms with Crippen molar-refractivity contribution in [3.8, 4) is 17.1 Å². The predicted molar refractivity (Wildman–Crippen MR) is 147 cm³/mol. The SMILES string of the molecule is Cc1ccc(-n2c3cc(=NC4CCCCC4)c(Nc4ccc(C)nc4)cc-3nc3ccccc32)cc1. The molecular formula is C31H31N5. The fourth-order valence-corrected chi connectivity index (χ4v) is 5.12. The van der Waals surface area contributed by atoms with Crippen LogP contribution in [0.15, 0.2) is 84.0 Å². The molecule has 0 spiro atoms. The first-order chi connectivity index (χ1) is 17.6. The predicted octanol–water partition coefficient (Wildman–Crippen LogP) is 7.12. The summed E-state index contributed by atoms with van der Waals surface area (Å²) in [5.41, 5.74) is 9.32. The zero-order valence-corrected chi connectivity index (χ0v) is 20.9. The van der Waals surface area contributed by atoms with E-state index in [1.807, 2.05) is 25.3 Å². The second kappa shape index (κ2) is 9.57. The van der Waals surface area contributed by atoms with Crippen molar-refractivity contribution >= 4 is 22.4 Å². The molecule has 2 aliphatic carbocycles. The number of anilines is 2. The first-order valence-electron chi connectivity index (χ1n) is 12.9. The summed E-state index contributed by atoms with van der Waals surface area (Å²) in [7, 11) is 0. The van der Waals surface area contributed by atoms with Crippen molar-refractivity contribution in [3.63, 3.8) is 0 Å². The van der Waals surface area contributed by atoms with Crippen LogP contribution < -0.4 is 10.7 Å². The lowest BCUT2D eigenvalue weighted by Gasteiger charge is -2.21. The van der Waals surface area contributed by atoms with Crippen molar-refractivity contribution in [2.24, 2.45) is 4.99 Å². The Labute approximate surface area is 211 Å². The monoisotopic (exact) mass is 473 g/mol. The second-order valence-corrected chi connectivity index (χ2v) is 9.86. The molecule has 0 unspecified atom stereocenters. The van der Waals surface area contributed by atoms with Gasteiger partial charge >= 0.3 is 0 Å². The minimum absolute atomic E-state index is 0.356. The largest absolute Gasteiger partial charge is 0.352 e. The molecule has 0 bridgehead atoms. The maximum Gasteiger partial charge on any atom is 0.0900 e. The highest BCUT2D eigenvalue weighted by molar-refractivity contribution is 5.84. The van der Waals surface area contributed by atoms with E-state index < -0.39 is 0 Å². The van der Waals surface area contributed by atoms with Crippen molar-refractivity contribution in [1.29, 1.82) is 0 Å². The first kappa shape index (κ1) is 22.5. The average molecular weight is 474 g/mol. The number of nitrogens with zero attached hydrogens (tertiary/aromatic N) is 4. The van der Waals surface area contributed by atoms with Crippen molar-refractivity contribution in [1.82, 2.24) is 14.5 Å². The Bertz CT molecular complexity index is 1540. The number of pyridine rings is 1. The third-order valence-corrected chi connectivity index (χ3v) is 7.08. The summed E-state index contributed by atoms with van der Waals surface area (Å²) in [5, 5.41) is 4.57. The van der Waals surface area contributed by atoms with Crippen LogP contribution in [0.25, 0.3) is 28.1 Å². The molecule has 180 valence electrons. The van der Waals surface area contributed by atoms with Gasteiger partial charge in [0.2, 0.25) is 0 Å². The lowest BCUT2D eigenvalue weighted by Crippen LogP contribution is -2.19. The van der Waals surface area contributed by atoms with Crippen LogP contribution >= 0.6 is 0 Å². The lowest BCUT2D eigenvalue weighted by atomic mass is 9.96. The maximum atomic E-state index is 5.29. The Morgan fingerprint density at radius 3 is 2.47 bits per heavy atom.